The van der Waals surface area contributed by atoms with E-state index in [9.17, 15) is 18.5 Å². The zero-order valence-corrected chi connectivity index (χ0v) is 13.1. The monoisotopic (exact) mass is 346 g/mol. The number of hydrogen-bond donors (Lipinski definition) is 3. The number of nitrogens with one attached hydrogen (secondary N) is 1. The van der Waals surface area contributed by atoms with Crippen LogP contribution in [0.2, 0.25) is 0 Å². The molecule has 1 aromatic rings. The van der Waals surface area contributed by atoms with E-state index in [0.29, 0.717) is 0 Å². The first-order chi connectivity index (χ1) is 10.5. The summed E-state index contributed by atoms with van der Waals surface area (Å²) >= 11 is 0. The Hall–Kier alpha value is -1.80. The quantitative estimate of drug-likeness (QED) is 0.536. The van der Waals surface area contributed by atoms with Gasteiger partial charge in [0, 0.05) is 18.7 Å². The Balaban J connectivity index is 2.37. The minimum Gasteiger partial charge on any atom is -0.351 e. The van der Waals surface area contributed by atoms with Crippen molar-refractivity contribution in [2.24, 2.45) is 0 Å². The highest BCUT2D eigenvalue weighted by atomic mass is 31.2. The molecule has 126 valence electrons. The van der Waals surface area contributed by atoms with Gasteiger partial charge in [-0.2, -0.15) is 0 Å². The number of hydrogen-bond acceptors (Lipinski definition) is 4. The van der Waals surface area contributed by atoms with Gasteiger partial charge in [0.25, 0.3) is 5.56 Å². The van der Waals surface area contributed by atoms with E-state index in [0.717, 1.165) is 16.7 Å². The molecule has 1 aliphatic carbocycles. The number of nitrogens with zero attached hydrogens (tertiary/aromatic N) is 1. The fourth-order valence-corrected chi connectivity index (χ4v) is 2.83. The third-order valence-electron chi connectivity index (χ3n) is 3.60. The lowest BCUT2D eigenvalue weighted by molar-refractivity contribution is 0.0117. The fourth-order valence-electron chi connectivity index (χ4n) is 2.45. The molecule has 3 N–H and O–H groups in total. The second-order valence-corrected chi connectivity index (χ2v) is 6.94. The van der Waals surface area contributed by atoms with Crippen molar-refractivity contribution in [3.8, 4) is 0 Å². The molecule has 2 rings (SSSR count). The molecule has 0 saturated carbocycles. The van der Waals surface area contributed by atoms with E-state index in [1.165, 1.54) is 13.1 Å². The standard InChI is InChI=1S/C13H16FN2O6P/c1-8(2)13(22-7-23(19,20)21)6-9(5-10(13)14)16-4-3-11(17)15-12(16)18/h3-5,9H,1,6-7H2,2H3,(H,15,17,18)(H2,19,20,21)/t9?,13-/m1/s1. The number of halogens is 1. The van der Waals surface area contributed by atoms with Crippen LogP contribution in [0.4, 0.5) is 4.39 Å². The van der Waals surface area contributed by atoms with Gasteiger partial charge in [0.05, 0.1) is 6.04 Å². The summed E-state index contributed by atoms with van der Waals surface area (Å²) in [6.45, 7) is 5.08. The summed E-state index contributed by atoms with van der Waals surface area (Å²) < 4.78 is 31.7. The maximum absolute atomic E-state index is 14.5. The van der Waals surface area contributed by atoms with Gasteiger partial charge in [-0.15, -0.1) is 0 Å². The average molecular weight is 346 g/mol. The summed E-state index contributed by atoms with van der Waals surface area (Å²) in [5.41, 5.74) is -2.82. The molecular formula is C13H16FN2O6P. The van der Waals surface area contributed by atoms with Crippen LogP contribution in [-0.2, 0) is 9.30 Å². The lowest BCUT2D eigenvalue weighted by Crippen LogP contribution is -2.36. The van der Waals surface area contributed by atoms with Crippen molar-refractivity contribution >= 4 is 7.60 Å². The highest BCUT2D eigenvalue weighted by Gasteiger charge is 2.46. The molecule has 1 aliphatic rings. The van der Waals surface area contributed by atoms with Gasteiger partial charge < -0.3 is 14.5 Å². The van der Waals surface area contributed by atoms with Gasteiger partial charge in [0.15, 0.2) is 0 Å². The third kappa shape index (κ3) is 3.59. The Labute approximate surface area is 130 Å². The van der Waals surface area contributed by atoms with Gasteiger partial charge in [-0.3, -0.25) is 18.9 Å². The number of H-pyrrole nitrogens is 1. The van der Waals surface area contributed by atoms with Crippen molar-refractivity contribution in [3.63, 3.8) is 0 Å². The largest absolute Gasteiger partial charge is 0.351 e. The maximum Gasteiger partial charge on any atom is 0.351 e. The first kappa shape index (κ1) is 17.6. The van der Waals surface area contributed by atoms with Crippen LogP contribution in [0.1, 0.15) is 19.4 Å². The highest BCUT2D eigenvalue weighted by Crippen LogP contribution is 2.47. The smallest absolute Gasteiger partial charge is 0.351 e. The van der Waals surface area contributed by atoms with Crippen LogP contribution >= 0.6 is 7.60 Å². The molecule has 0 bridgehead atoms. The summed E-state index contributed by atoms with van der Waals surface area (Å²) in [5, 5.41) is 0. The third-order valence-corrected chi connectivity index (χ3v) is 4.06. The van der Waals surface area contributed by atoms with E-state index < -0.39 is 42.7 Å². The van der Waals surface area contributed by atoms with Gasteiger partial charge in [0.1, 0.15) is 17.8 Å². The molecule has 0 spiro atoms. The van der Waals surface area contributed by atoms with Crippen molar-refractivity contribution in [1.29, 1.82) is 0 Å². The van der Waals surface area contributed by atoms with E-state index in [1.807, 2.05) is 0 Å². The summed E-state index contributed by atoms with van der Waals surface area (Å²) in [4.78, 5) is 42.8. The van der Waals surface area contributed by atoms with Crippen molar-refractivity contribution in [3.05, 3.63) is 57.2 Å². The summed E-state index contributed by atoms with van der Waals surface area (Å²) in [6.07, 6.45) is 1.23. The van der Waals surface area contributed by atoms with Gasteiger partial charge in [0.2, 0.25) is 0 Å². The molecule has 0 aliphatic heterocycles. The molecule has 0 radical (unpaired) electrons. The van der Waals surface area contributed by atoms with Crippen LogP contribution in [0.25, 0.3) is 0 Å². The van der Waals surface area contributed by atoms with Crippen molar-refractivity contribution in [2.45, 2.75) is 25.0 Å². The molecule has 2 atom stereocenters. The van der Waals surface area contributed by atoms with Gasteiger partial charge in [-0.05, 0) is 18.6 Å². The Bertz CT molecular complexity index is 822. The number of aromatic nitrogens is 2. The van der Waals surface area contributed by atoms with E-state index in [-0.39, 0.29) is 12.0 Å². The normalized spacial score (nSPS) is 24.5. The second kappa shape index (κ2) is 6.01. The van der Waals surface area contributed by atoms with Crippen molar-refractivity contribution in [2.75, 3.05) is 6.35 Å². The Morgan fingerprint density at radius 3 is 2.78 bits per heavy atom. The predicted molar refractivity (Wildman–Crippen MR) is 79.7 cm³/mol. The van der Waals surface area contributed by atoms with Gasteiger partial charge in [-0.25, -0.2) is 9.18 Å². The van der Waals surface area contributed by atoms with Crippen LogP contribution < -0.4 is 11.2 Å². The molecule has 1 aromatic heterocycles. The fraction of sp³-hybridized carbons (Fsp3) is 0.385. The molecule has 0 fully saturated rings. The molecule has 0 aromatic carbocycles. The molecule has 0 saturated heterocycles. The van der Waals surface area contributed by atoms with Crippen molar-refractivity contribution < 1.29 is 23.5 Å². The number of ether oxygens (including phenoxy) is 1. The van der Waals surface area contributed by atoms with Crippen LogP contribution in [-0.4, -0.2) is 31.3 Å². The lowest BCUT2D eigenvalue weighted by Gasteiger charge is -2.30. The van der Waals surface area contributed by atoms with Crippen molar-refractivity contribution in [1.82, 2.24) is 9.55 Å². The molecule has 1 unspecified atom stereocenters. The van der Waals surface area contributed by atoms with Crippen LogP contribution in [0.5, 0.6) is 0 Å². The summed E-state index contributed by atoms with van der Waals surface area (Å²) in [6, 6.07) is 0.331. The van der Waals surface area contributed by atoms with Crippen LogP contribution in [0, 0.1) is 0 Å². The first-order valence-electron chi connectivity index (χ1n) is 6.59. The van der Waals surface area contributed by atoms with Crippen LogP contribution in [0.3, 0.4) is 0 Å². The van der Waals surface area contributed by atoms with E-state index in [4.69, 9.17) is 14.5 Å². The molecule has 10 heteroatoms. The maximum atomic E-state index is 14.5. The average Bonchev–Trinajstić information content (AvgIpc) is 2.74. The van der Waals surface area contributed by atoms with E-state index in [2.05, 4.69) is 11.6 Å². The minimum absolute atomic E-state index is 0.111. The van der Waals surface area contributed by atoms with Crippen LogP contribution in [0.15, 0.2) is 45.9 Å². The zero-order chi connectivity index (χ0) is 17.4. The Kier molecular flexibility index (Phi) is 4.59. The molecule has 23 heavy (non-hydrogen) atoms. The van der Waals surface area contributed by atoms with Gasteiger partial charge >= 0.3 is 13.3 Å². The van der Waals surface area contributed by atoms with E-state index >= 15 is 0 Å². The molecular weight excluding hydrogens is 330 g/mol. The second-order valence-electron chi connectivity index (χ2n) is 5.35. The number of allylic oxidation sites excluding steroid dienone is 1. The summed E-state index contributed by atoms with van der Waals surface area (Å²) in [7, 11) is -4.51. The lowest BCUT2D eigenvalue weighted by atomic mass is 9.93. The topological polar surface area (TPSA) is 122 Å². The zero-order valence-electron chi connectivity index (χ0n) is 12.2. The Morgan fingerprint density at radius 2 is 2.26 bits per heavy atom. The SMILES string of the molecule is C=C(C)[C@]1(OCP(=O)(O)O)CC(n2ccc(=O)[nH]c2=O)C=C1F. The first-order valence-corrected chi connectivity index (χ1v) is 8.39. The van der Waals surface area contributed by atoms with Gasteiger partial charge in [-0.1, -0.05) is 6.58 Å². The highest BCUT2D eigenvalue weighted by molar-refractivity contribution is 7.51. The number of aromatic amines is 1. The molecule has 1 heterocycles. The molecule has 0 amide bonds. The van der Waals surface area contributed by atoms with E-state index in [1.54, 1.807) is 0 Å². The Morgan fingerprint density at radius 1 is 1.61 bits per heavy atom. The molecule has 8 nitrogen and oxygen atoms in total. The number of rotatable bonds is 5. The summed E-state index contributed by atoms with van der Waals surface area (Å²) in [5.74, 6) is -0.790. The minimum atomic E-state index is -4.51. The predicted octanol–water partition coefficient (Wildman–Crippen LogP) is 0.801.